The Balaban J connectivity index is 3.02. The van der Waals surface area contributed by atoms with Crippen LogP contribution in [0.5, 0.6) is 0 Å². The Morgan fingerprint density at radius 3 is 2.33 bits per heavy atom. The van der Waals surface area contributed by atoms with Gasteiger partial charge in [0.1, 0.15) is 33.7 Å². The summed E-state index contributed by atoms with van der Waals surface area (Å²) in [6, 6.07) is 0. The number of hydrogen-bond donors (Lipinski definition) is 1. The molecule has 0 bridgehead atoms. The van der Waals surface area contributed by atoms with Crippen molar-refractivity contribution < 1.29 is 9.53 Å². The number of rotatable bonds is 4. The van der Waals surface area contributed by atoms with E-state index in [1.807, 2.05) is 32.4 Å². The van der Waals surface area contributed by atoms with Gasteiger partial charge in [0.15, 0.2) is 0 Å². The van der Waals surface area contributed by atoms with Crippen molar-refractivity contribution in [2.75, 3.05) is 7.05 Å². The van der Waals surface area contributed by atoms with E-state index in [0.29, 0.717) is 16.1 Å². The van der Waals surface area contributed by atoms with Crippen LogP contribution >= 0.6 is 15.9 Å². The van der Waals surface area contributed by atoms with Gasteiger partial charge in [-0.15, -0.1) is 0 Å². The minimum atomic E-state index is -0.558. The Morgan fingerprint density at radius 1 is 1.38 bits per heavy atom. The fraction of sp³-hybridized carbons (Fsp3) is 0.688. The number of amides is 1. The summed E-state index contributed by atoms with van der Waals surface area (Å²) in [6.45, 7) is 11.4. The quantitative estimate of drug-likeness (QED) is 0.619. The van der Waals surface area contributed by atoms with Crippen molar-refractivity contribution in [3.63, 3.8) is 0 Å². The summed E-state index contributed by atoms with van der Waals surface area (Å²) < 4.78 is 7.89. The van der Waals surface area contributed by atoms with Crippen LogP contribution in [0.1, 0.15) is 59.0 Å². The van der Waals surface area contributed by atoms with Gasteiger partial charge in [-0.25, -0.2) is 14.8 Å². The molecule has 0 aliphatic carbocycles. The predicted molar refractivity (Wildman–Crippen MR) is 99.2 cm³/mol. The molecule has 0 saturated carbocycles. The molecule has 1 aromatic heterocycles. The van der Waals surface area contributed by atoms with Crippen molar-refractivity contribution in [1.29, 1.82) is 0 Å². The molecule has 1 rings (SSSR count). The average molecular weight is 402 g/mol. The summed E-state index contributed by atoms with van der Waals surface area (Å²) in [5, 5.41) is 0. The molecule has 1 atom stereocenters. The number of aliphatic imine (C=N–C) groups is 1. The topological polar surface area (TPSA) is 85.7 Å². The second-order valence-electron chi connectivity index (χ2n) is 7.06. The summed E-state index contributed by atoms with van der Waals surface area (Å²) in [5.74, 6) is 1.48. The number of nitrogens with two attached hydrogens (primary N) is 1. The third kappa shape index (κ3) is 4.96. The summed E-state index contributed by atoms with van der Waals surface area (Å²) in [6.07, 6.45) is -0.914. The lowest BCUT2D eigenvalue weighted by Gasteiger charge is -2.27. The fourth-order valence-electron chi connectivity index (χ4n) is 2.11. The third-order valence-electron chi connectivity index (χ3n) is 3.41. The fourth-order valence-corrected chi connectivity index (χ4v) is 2.76. The maximum absolute atomic E-state index is 12.1. The van der Waals surface area contributed by atoms with Gasteiger partial charge < -0.3 is 15.0 Å². The van der Waals surface area contributed by atoms with Crippen LogP contribution in [-0.2, 0) is 11.8 Å². The van der Waals surface area contributed by atoms with Crippen LogP contribution in [0.4, 0.5) is 4.79 Å². The molecule has 0 radical (unpaired) electrons. The maximum Gasteiger partial charge on any atom is 0.411 e. The summed E-state index contributed by atoms with van der Waals surface area (Å²) in [5.41, 5.74) is 6.30. The van der Waals surface area contributed by atoms with Crippen LogP contribution in [0.15, 0.2) is 9.60 Å². The first kappa shape index (κ1) is 20.5. The van der Waals surface area contributed by atoms with Gasteiger partial charge in [0, 0.05) is 20.0 Å². The van der Waals surface area contributed by atoms with E-state index in [0.717, 1.165) is 5.82 Å². The van der Waals surface area contributed by atoms with Gasteiger partial charge in [-0.2, -0.15) is 0 Å². The van der Waals surface area contributed by atoms with Crippen molar-refractivity contribution in [3.05, 3.63) is 16.1 Å². The first-order valence-corrected chi connectivity index (χ1v) is 8.66. The van der Waals surface area contributed by atoms with Crippen molar-refractivity contribution >= 4 is 27.9 Å². The number of amidine groups is 1. The van der Waals surface area contributed by atoms with E-state index in [9.17, 15) is 4.79 Å². The number of nitrogens with zero attached hydrogens (tertiary/aromatic N) is 4. The minimum Gasteiger partial charge on any atom is -0.444 e. The van der Waals surface area contributed by atoms with Gasteiger partial charge in [-0.1, -0.05) is 13.8 Å². The minimum absolute atomic E-state index is 0.259. The summed E-state index contributed by atoms with van der Waals surface area (Å²) >= 11 is 3.43. The smallest absolute Gasteiger partial charge is 0.411 e. The summed E-state index contributed by atoms with van der Waals surface area (Å²) in [7, 11) is 3.53. The Kier molecular flexibility index (Phi) is 6.44. The van der Waals surface area contributed by atoms with Gasteiger partial charge in [0.2, 0.25) is 0 Å². The highest BCUT2D eigenvalue weighted by atomic mass is 79.9. The van der Waals surface area contributed by atoms with Crippen molar-refractivity contribution in [1.82, 2.24) is 14.5 Å². The van der Waals surface area contributed by atoms with Crippen LogP contribution in [0, 0.1) is 0 Å². The Hall–Kier alpha value is -1.57. The SMILES string of the molecule is CC(C)c1nc(Br)c(/C(N)=N/C(C)N(C)C(=O)OC(C)(C)C)n1C. The molecule has 2 N–H and O–H groups in total. The van der Waals surface area contributed by atoms with Crippen LogP contribution in [0.2, 0.25) is 0 Å². The first-order chi connectivity index (χ1) is 10.8. The number of hydrogen-bond acceptors (Lipinski definition) is 4. The maximum atomic E-state index is 12.1. The molecule has 0 aliphatic rings. The lowest BCUT2D eigenvalue weighted by molar-refractivity contribution is 0.0242. The van der Waals surface area contributed by atoms with Gasteiger partial charge in [-0.3, -0.25) is 4.90 Å². The molecule has 0 spiro atoms. The van der Waals surface area contributed by atoms with Crippen molar-refractivity contribution in [2.45, 2.75) is 59.2 Å². The number of aromatic nitrogens is 2. The molecule has 7 nitrogen and oxygen atoms in total. The highest BCUT2D eigenvalue weighted by Crippen LogP contribution is 2.22. The number of carbonyl (C=O) groups is 1. The molecule has 0 saturated heterocycles. The van der Waals surface area contributed by atoms with E-state index < -0.39 is 17.9 Å². The average Bonchev–Trinajstić information content (AvgIpc) is 2.71. The highest BCUT2D eigenvalue weighted by Gasteiger charge is 2.24. The van der Waals surface area contributed by atoms with E-state index in [4.69, 9.17) is 10.5 Å². The molecule has 24 heavy (non-hydrogen) atoms. The Labute approximate surface area is 152 Å². The second kappa shape index (κ2) is 7.55. The third-order valence-corrected chi connectivity index (χ3v) is 3.97. The van der Waals surface area contributed by atoms with Crippen LogP contribution in [0.25, 0.3) is 0 Å². The van der Waals surface area contributed by atoms with Gasteiger partial charge in [0.25, 0.3) is 0 Å². The summed E-state index contributed by atoms with van der Waals surface area (Å²) in [4.78, 5) is 22.4. The van der Waals surface area contributed by atoms with Crippen molar-refractivity contribution in [3.8, 4) is 0 Å². The lowest BCUT2D eigenvalue weighted by atomic mass is 10.2. The number of imidazole rings is 1. The number of ether oxygens (including phenoxy) is 1. The first-order valence-electron chi connectivity index (χ1n) is 7.86. The number of halogens is 1. The standard InChI is InChI=1S/C16H28BrN5O2/c1-9(2)14-20-12(17)11(22(14)8)13(18)19-10(3)21(7)15(23)24-16(4,5)6/h9-10H,1-8H3,(H2,18,19). The van der Waals surface area contributed by atoms with E-state index in [1.165, 1.54) is 4.90 Å². The molecule has 136 valence electrons. The lowest BCUT2D eigenvalue weighted by Crippen LogP contribution is -2.39. The molecule has 1 aromatic rings. The van der Waals surface area contributed by atoms with E-state index in [2.05, 4.69) is 39.8 Å². The zero-order valence-corrected chi connectivity index (χ0v) is 17.3. The van der Waals surface area contributed by atoms with Crippen LogP contribution in [0.3, 0.4) is 0 Å². The van der Waals surface area contributed by atoms with Gasteiger partial charge >= 0.3 is 6.09 Å². The molecule has 0 fully saturated rings. The zero-order valence-electron chi connectivity index (χ0n) is 15.7. The zero-order chi connectivity index (χ0) is 18.8. The van der Waals surface area contributed by atoms with Gasteiger partial charge in [-0.05, 0) is 43.6 Å². The Bertz CT molecular complexity index is 631. The van der Waals surface area contributed by atoms with Crippen LogP contribution < -0.4 is 5.73 Å². The van der Waals surface area contributed by atoms with Crippen LogP contribution in [-0.4, -0.2) is 45.2 Å². The largest absolute Gasteiger partial charge is 0.444 e. The highest BCUT2D eigenvalue weighted by molar-refractivity contribution is 9.10. The second-order valence-corrected chi connectivity index (χ2v) is 7.81. The Morgan fingerprint density at radius 2 is 1.92 bits per heavy atom. The number of carbonyl (C=O) groups excluding carboxylic acids is 1. The molecule has 0 aromatic carbocycles. The molecule has 1 unspecified atom stereocenters. The molecule has 1 heterocycles. The monoisotopic (exact) mass is 401 g/mol. The molecule has 8 heteroatoms. The molecule has 1 amide bonds. The van der Waals surface area contributed by atoms with E-state index >= 15 is 0 Å². The van der Waals surface area contributed by atoms with E-state index in [1.54, 1.807) is 14.0 Å². The van der Waals surface area contributed by atoms with Gasteiger partial charge in [0.05, 0.1) is 0 Å². The predicted octanol–water partition coefficient (Wildman–Crippen LogP) is 3.22. The molecular formula is C16H28BrN5O2. The van der Waals surface area contributed by atoms with Crippen molar-refractivity contribution in [2.24, 2.45) is 17.8 Å². The normalized spacial score (nSPS) is 14.0. The molecule has 0 aliphatic heterocycles. The molecular weight excluding hydrogens is 374 g/mol. The van der Waals surface area contributed by atoms with E-state index in [-0.39, 0.29) is 5.92 Å².